The lowest BCUT2D eigenvalue weighted by Gasteiger charge is -2.31. The Bertz CT molecular complexity index is 2830. The van der Waals surface area contributed by atoms with Crippen molar-refractivity contribution >= 4 is 35.0 Å². The van der Waals surface area contributed by atoms with Gasteiger partial charge in [0.05, 0.1) is 49.2 Å². The SMILES string of the molecule is COC(=O)NC(C(=O)N1CCC[C@H]1c1ncc(-c2ccc(-c3ccc(-c4ccc5nc([C@@H]6CCCN6C(=O)[C@H](NC(=O)OC)C(C)C)[nH]c5c4)c4c3CC3CCC43)c3c2C2CCC3C2)[nH]1)C(C)C. The minimum absolute atomic E-state index is 0.0994. The Hall–Kier alpha value is -6.18. The van der Waals surface area contributed by atoms with Gasteiger partial charge in [-0.25, -0.2) is 19.6 Å². The molecule has 4 heterocycles. The number of nitrogens with zero attached hydrogens (tertiary/aromatic N) is 4. The summed E-state index contributed by atoms with van der Waals surface area (Å²) >= 11 is 0. The lowest BCUT2D eigenvalue weighted by molar-refractivity contribution is -0.136. The smallest absolute Gasteiger partial charge is 0.407 e. The lowest BCUT2D eigenvalue weighted by Crippen LogP contribution is -2.51. The van der Waals surface area contributed by atoms with E-state index in [2.05, 4.69) is 63.1 Å². The van der Waals surface area contributed by atoms with Gasteiger partial charge in [0, 0.05) is 18.7 Å². The first-order valence-corrected chi connectivity index (χ1v) is 25.1. The lowest BCUT2D eigenvalue weighted by atomic mass is 9.73. The first-order valence-electron chi connectivity index (χ1n) is 25.1. The average Bonchev–Trinajstić information content (AvgIpc) is 4.20. The highest BCUT2D eigenvalue weighted by Crippen LogP contribution is 2.61. The predicted molar refractivity (Wildman–Crippen MR) is 259 cm³/mol. The molecule has 2 aliphatic heterocycles. The maximum atomic E-state index is 13.9. The Morgan fingerprint density at radius 2 is 1.28 bits per heavy atom. The van der Waals surface area contributed by atoms with Crippen molar-refractivity contribution in [2.24, 2.45) is 17.8 Å². The van der Waals surface area contributed by atoms with Gasteiger partial charge in [0.15, 0.2) is 0 Å². The molecule has 2 aromatic heterocycles. The summed E-state index contributed by atoms with van der Waals surface area (Å²) in [5.41, 5.74) is 15.3. The van der Waals surface area contributed by atoms with Crippen molar-refractivity contribution in [1.82, 2.24) is 40.4 Å². The van der Waals surface area contributed by atoms with E-state index >= 15 is 0 Å². The normalized spacial score (nSPS) is 24.2. The van der Waals surface area contributed by atoms with Gasteiger partial charge < -0.3 is 39.9 Å². The number of benzene rings is 3. The second-order valence-electron chi connectivity index (χ2n) is 21.0. The summed E-state index contributed by atoms with van der Waals surface area (Å²) in [6.07, 6.45) is 11.3. The number of hydrogen-bond acceptors (Lipinski definition) is 8. The number of amides is 4. The van der Waals surface area contributed by atoms with Gasteiger partial charge in [-0.3, -0.25) is 9.59 Å². The van der Waals surface area contributed by atoms with E-state index in [-0.39, 0.29) is 35.7 Å². The number of ether oxygens (including phenoxy) is 2. The number of rotatable bonds is 11. The van der Waals surface area contributed by atoms with Crippen molar-refractivity contribution in [2.45, 2.75) is 134 Å². The molecule has 4 fully saturated rings. The first kappa shape index (κ1) is 44.3. The topological polar surface area (TPSA) is 175 Å². The molecule has 14 heteroatoms. The zero-order valence-corrected chi connectivity index (χ0v) is 40.1. The van der Waals surface area contributed by atoms with Crippen molar-refractivity contribution in [3.63, 3.8) is 0 Å². The number of imidazole rings is 2. The van der Waals surface area contributed by atoms with E-state index < -0.39 is 24.3 Å². The number of carbonyl (C=O) groups excluding carboxylic acids is 4. The number of H-pyrrole nitrogens is 2. The van der Waals surface area contributed by atoms with Crippen molar-refractivity contribution in [1.29, 1.82) is 0 Å². The molecule has 4 aliphatic carbocycles. The van der Waals surface area contributed by atoms with Gasteiger partial charge in [-0.2, -0.15) is 0 Å². The molecule has 11 rings (SSSR count). The summed E-state index contributed by atoms with van der Waals surface area (Å²) in [5.74, 6) is 3.41. The van der Waals surface area contributed by atoms with Crippen LogP contribution in [0.5, 0.6) is 0 Å². The average molecular weight is 921 g/mol. The van der Waals surface area contributed by atoms with Crippen LogP contribution in [0.15, 0.2) is 48.7 Å². The summed E-state index contributed by atoms with van der Waals surface area (Å²) in [6.45, 7) is 8.96. The van der Waals surface area contributed by atoms with E-state index in [0.29, 0.717) is 36.8 Å². The van der Waals surface area contributed by atoms with Crippen LogP contribution in [0.25, 0.3) is 44.5 Å². The van der Waals surface area contributed by atoms with E-state index in [1.807, 2.05) is 43.7 Å². The second kappa shape index (κ2) is 17.4. The predicted octanol–water partition coefficient (Wildman–Crippen LogP) is 9.79. The highest BCUT2D eigenvalue weighted by molar-refractivity contribution is 5.90. The van der Waals surface area contributed by atoms with Gasteiger partial charge >= 0.3 is 12.2 Å². The number of aromatic nitrogens is 4. The Morgan fingerprint density at radius 1 is 0.676 bits per heavy atom. The van der Waals surface area contributed by atoms with E-state index in [1.165, 1.54) is 96.4 Å². The molecule has 5 aromatic rings. The van der Waals surface area contributed by atoms with E-state index in [4.69, 9.17) is 19.4 Å². The standard InChI is InChI=1S/C54H64N8O6/c1-27(2)47(59-53(65)67-5)51(63)61-21-7-9-42(61)49-55-26-41(58-49)37-19-18-36(44-31-11-12-32(23-31)45(37)44)35-17-16-34(46-33-15-13-29(33)24-38(35)46)30-14-20-39-40(25-30)57-50(56-39)43-10-8-22-62(43)52(64)48(28(3)4)60-54(66)68-6/h14,16-20,25-29,31-33,42-43,47-48H,7-13,15,21-24H2,1-6H3,(H,55,58)(H,56,57)(H,59,65)(H,60,66)/t29?,31?,32?,33?,42-,43-,47?,48+/m0/s1. The maximum Gasteiger partial charge on any atom is 0.407 e. The zero-order valence-electron chi connectivity index (χ0n) is 40.1. The van der Waals surface area contributed by atoms with Crippen molar-refractivity contribution in [2.75, 3.05) is 27.3 Å². The summed E-state index contributed by atoms with van der Waals surface area (Å²) in [4.78, 5) is 73.2. The monoisotopic (exact) mass is 920 g/mol. The number of nitrogens with one attached hydrogen (secondary N) is 4. The van der Waals surface area contributed by atoms with Crippen LogP contribution in [-0.2, 0) is 25.5 Å². The van der Waals surface area contributed by atoms with Crippen LogP contribution in [-0.4, -0.2) is 93.1 Å². The van der Waals surface area contributed by atoms with Crippen LogP contribution >= 0.6 is 0 Å². The summed E-state index contributed by atoms with van der Waals surface area (Å²) in [5, 5.41) is 5.52. The molecular formula is C54H64N8O6. The minimum Gasteiger partial charge on any atom is -0.453 e. The molecular weight excluding hydrogens is 857 g/mol. The third-order valence-corrected chi connectivity index (χ3v) is 16.6. The Morgan fingerprint density at radius 3 is 1.90 bits per heavy atom. The van der Waals surface area contributed by atoms with Gasteiger partial charge in [0.25, 0.3) is 0 Å². The summed E-state index contributed by atoms with van der Waals surface area (Å²) < 4.78 is 9.69. The molecule has 68 heavy (non-hydrogen) atoms. The maximum absolute atomic E-state index is 13.9. The fourth-order valence-corrected chi connectivity index (χ4v) is 13.1. The van der Waals surface area contributed by atoms with Crippen LogP contribution < -0.4 is 10.6 Å². The van der Waals surface area contributed by atoms with Crippen LogP contribution in [0, 0.1) is 17.8 Å². The Kier molecular flexibility index (Phi) is 11.3. The van der Waals surface area contributed by atoms with Crippen LogP contribution in [0.3, 0.4) is 0 Å². The minimum atomic E-state index is -0.685. The molecule has 4 amide bonds. The number of alkyl carbamates (subject to hydrolysis) is 2. The van der Waals surface area contributed by atoms with Crippen LogP contribution in [0.4, 0.5) is 9.59 Å². The molecule has 2 saturated heterocycles. The third-order valence-electron chi connectivity index (χ3n) is 16.6. The van der Waals surface area contributed by atoms with Gasteiger partial charge in [0.2, 0.25) is 11.8 Å². The number of carbonyl (C=O) groups is 4. The van der Waals surface area contributed by atoms with Crippen molar-refractivity contribution in [3.05, 3.63) is 82.6 Å². The Labute approximate surface area is 397 Å². The van der Waals surface area contributed by atoms with Crippen molar-refractivity contribution < 1.29 is 28.7 Å². The molecule has 14 nitrogen and oxygen atoms in total. The molecule has 0 radical (unpaired) electrons. The second-order valence-corrected chi connectivity index (χ2v) is 21.0. The van der Waals surface area contributed by atoms with Gasteiger partial charge in [-0.1, -0.05) is 58.0 Å². The molecule has 356 valence electrons. The van der Waals surface area contributed by atoms with Gasteiger partial charge in [-0.15, -0.1) is 0 Å². The number of aromatic amines is 2. The number of fused-ring (bicyclic) bond motifs is 9. The highest BCUT2D eigenvalue weighted by atomic mass is 16.5. The molecule has 2 saturated carbocycles. The number of methoxy groups -OCH3 is 2. The molecule has 4 N–H and O–H groups in total. The fraction of sp³-hybridized carbons (Fsp3) is 0.519. The van der Waals surface area contributed by atoms with Gasteiger partial charge in [-0.05, 0) is 156 Å². The zero-order chi connectivity index (χ0) is 47.1. The molecule has 6 aliphatic rings. The van der Waals surface area contributed by atoms with Crippen LogP contribution in [0.1, 0.15) is 149 Å². The number of hydrogen-bond donors (Lipinski definition) is 4. The van der Waals surface area contributed by atoms with Crippen LogP contribution in [0.2, 0.25) is 0 Å². The molecule has 8 atom stereocenters. The fourth-order valence-electron chi connectivity index (χ4n) is 13.1. The molecule has 5 unspecified atom stereocenters. The van der Waals surface area contributed by atoms with Gasteiger partial charge in [0.1, 0.15) is 23.7 Å². The molecule has 0 spiro atoms. The third kappa shape index (κ3) is 7.35. The molecule has 2 bridgehead atoms. The van der Waals surface area contributed by atoms with E-state index in [9.17, 15) is 19.2 Å². The largest absolute Gasteiger partial charge is 0.453 e. The summed E-state index contributed by atoms with van der Waals surface area (Å²) in [7, 11) is 2.63. The first-order chi connectivity index (χ1) is 32.9. The summed E-state index contributed by atoms with van der Waals surface area (Å²) in [6, 6.07) is 14.3. The number of likely N-dealkylation sites (tertiary alicyclic amines) is 2. The molecule has 3 aromatic carbocycles. The highest BCUT2D eigenvalue weighted by Gasteiger charge is 2.45. The quantitative estimate of drug-likeness (QED) is 0.101. The van der Waals surface area contributed by atoms with E-state index in [0.717, 1.165) is 60.5 Å². The van der Waals surface area contributed by atoms with E-state index in [1.54, 1.807) is 0 Å². The Balaban J connectivity index is 0.900. The van der Waals surface area contributed by atoms with Crippen molar-refractivity contribution in [3.8, 4) is 33.5 Å².